The van der Waals surface area contributed by atoms with Gasteiger partial charge in [-0.25, -0.2) is 4.79 Å². The van der Waals surface area contributed by atoms with Crippen LogP contribution in [0.25, 0.3) is 0 Å². The van der Waals surface area contributed by atoms with Gasteiger partial charge in [0.1, 0.15) is 6.54 Å². The van der Waals surface area contributed by atoms with E-state index in [1.807, 2.05) is 0 Å². The highest BCUT2D eigenvalue weighted by molar-refractivity contribution is 5.80. The summed E-state index contributed by atoms with van der Waals surface area (Å²) in [4.78, 5) is 23.6. The second kappa shape index (κ2) is 8.47. The van der Waals surface area contributed by atoms with Crippen molar-refractivity contribution >= 4 is 12.0 Å². The largest absolute Gasteiger partial charge is 0.480 e. The summed E-state index contributed by atoms with van der Waals surface area (Å²) in [6.45, 7) is 2.50. The molecule has 1 saturated carbocycles. The molecule has 0 saturated heterocycles. The van der Waals surface area contributed by atoms with Crippen molar-refractivity contribution in [1.29, 1.82) is 0 Å². The molecule has 2 atom stereocenters. The molecule has 0 aromatic heterocycles. The molecule has 0 spiro atoms. The highest BCUT2D eigenvalue weighted by Crippen LogP contribution is 2.30. The monoisotopic (exact) mass is 280 g/mol. The number of nitrogens with one attached hydrogen (secondary N) is 1. The fourth-order valence-corrected chi connectivity index (χ4v) is 2.79. The van der Waals surface area contributed by atoms with Crippen LogP contribution in [0.1, 0.15) is 39.0 Å². The van der Waals surface area contributed by atoms with Gasteiger partial charge in [0.15, 0.2) is 0 Å². The Labute approximate surface area is 120 Å². The topological polar surface area (TPSA) is 69.6 Å². The van der Waals surface area contributed by atoms with Crippen LogP contribution in [-0.4, -0.2) is 41.6 Å². The Morgan fingerprint density at radius 2 is 2.20 bits per heavy atom. The number of carboxylic acids is 1. The number of urea groups is 1. The van der Waals surface area contributed by atoms with E-state index in [0.29, 0.717) is 12.5 Å². The fourth-order valence-electron chi connectivity index (χ4n) is 2.79. The van der Waals surface area contributed by atoms with Crippen molar-refractivity contribution in [3.8, 4) is 12.3 Å². The van der Waals surface area contributed by atoms with Gasteiger partial charge >= 0.3 is 12.0 Å². The summed E-state index contributed by atoms with van der Waals surface area (Å²) in [5.41, 5.74) is 0. The average Bonchev–Trinajstić information content (AvgIpc) is 2.37. The van der Waals surface area contributed by atoms with Crippen LogP contribution in [0, 0.1) is 24.2 Å². The first-order valence-electron chi connectivity index (χ1n) is 7.21. The van der Waals surface area contributed by atoms with E-state index in [9.17, 15) is 9.59 Å². The molecule has 0 aromatic carbocycles. The fraction of sp³-hybridized carbons (Fsp3) is 0.733. The van der Waals surface area contributed by atoms with Crippen LogP contribution in [0.15, 0.2) is 0 Å². The normalized spacial score (nSPS) is 21.8. The number of carbonyl (C=O) groups excluding carboxylic acids is 1. The van der Waals surface area contributed by atoms with Gasteiger partial charge in [0.25, 0.3) is 0 Å². The third kappa shape index (κ3) is 5.96. The molecule has 0 aliphatic heterocycles. The van der Waals surface area contributed by atoms with E-state index < -0.39 is 12.0 Å². The van der Waals surface area contributed by atoms with Gasteiger partial charge in [-0.3, -0.25) is 4.79 Å². The molecule has 1 fully saturated rings. The molecular weight excluding hydrogens is 256 g/mol. The van der Waals surface area contributed by atoms with Crippen LogP contribution in [0.4, 0.5) is 4.79 Å². The number of terminal acetylenes is 1. The standard InChI is InChI=1S/C15H24N2O3/c1-3-9-17(11-14(18)19)15(20)16-8-7-13-6-4-5-12(2)10-13/h1,12-13H,4-11H2,2H3,(H,16,20)(H,18,19). The molecule has 0 radical (unpaired) electrons. The molecule has 2 unspecified atom stereocenters. The summed E-state index contributed by atoms with van der Waals surface area (Å²) in [5, 5.41) is 11.5. The van der Waals surface area contributed by atoms with Gasteiger partial charge in [-0.2, -0.15) is 0 Å². The summed E-state index contributed by atoms with van der Waals surface area (Å²) in [7, 11) is 0. The summed E-state index contributed by atoms with van der Waals surface area (Å²) < 4.78 is 0. The molecule has 0 aromatic rings. The highest BCUT2D eigenvalue weighted by atomic mass is 16.4. The number of hydrogen-bond donors (Lipinski definition) is 2. The average molecular weight is 280 g/mol. The first-order valence-corrected chi connectivity index (χ1v) is 7.21. The lowest BCUT2D eigenvalue weighted by Gasteiger charge is -2.27. The molecule has 2 amide bonds. The van der Waals surface area contributed by atoms with Crippen LogP contribution in [0.3, 0.4) is 0 Å². The minimum atomic E-state index is -1.06. The maximum atomic E-state index is 11.8. The number of hydrogen-bond acceptors (Lipinski definition) is 2. The second-order valence-corrected chi connectivity index (χ2v) is 5.61. The Morgan fingerprint density at radius 1 is 1.45 bits per heavy atom. The summed E-state index contributed by atoms with van der Waals surface area (Å²) in [5.74, 6) is 2.68. The maximum absolute atomic E-state index is 11.8. The zero-order valence-electron chi connectivity index (χ0n) is 12.1. The Kier molecular flexibility index (Phi) is 6.92. The van der Waals surface area contributed by atoms with Crippen molar-refractivity contribution in [2.24, 2.45) is 11.8 Å². The van der Waals surface area contributed by atoms with Crippen LogP contribution >= 0.6 is 0 Å². The van der Waals surface area contributed by atoms with Gasteiger partial charge in [-0.1, -0.05) is 32.1 Å². The molecule has 1 aliphatic rings. The van der Waals surface area contributed by atoms with E-state index in [1.165, 1.54) is 25.7 Å². The molecule has 1 rings (SSSR count). The first-order chi connectivity index (χ1) is 9.52. The summed E-state index contributed by atoms with van der Waals surface area (Å²) >= 11 is 0. The zero-order valence-corrected chi connectivity index (χ0v) is 12.1. The Morgan fingerprint density at radius 3 is 2.80 bits per heavy atom. The van der Waals surface area contributed by atoms with Crippen LogP contribution < -0.4 is 5.32 Å². The quantitative estimate of drug-likeness (QED) is 0.730. The lowest BCUT2D eigenvalue weighted by Crippen LogP contribution is -2.43. The molecule has 2 N–H and O–H groups in total. The number of nitrogens with zero attached hydrogens (tertiary/aromatic N) is 1. The summed E-state index contributed by atoms with van der Waals surface area (Å²) in [6, 6.07) is -0.394. The van der Waals surface area contributed by atoms with Gasteiger partial charge in [0, 0.05) is 6.54 Å². The van der Waals surface area contributed by atoms with Crippen LogP contribution in [0.5, 0.6) is 0 Å². The number of carbonyl (C=O) groups is 2. The molecule has 5 nitrogen and oxygen atoms in total. The molecule has 1 aliphatic carbocycles. The van der Waals surface area contributed by atoms with Gasteiger partial charge in [0.05, 0.1) is 6.54 Å². The third-order valence-corrected chi connectivity index (χ3v) is 3.77. The number of amides is 2. The van der Waals surface area contributed by atoms with Gasteiger partial charge < -0.3 is 15.3 Å². The second-order valence-electron chi connectivity index (χ2n) is 5.61. The molecule has 0 heterocycles. The van der Waals surface area contributed by atoms with E-state index in [4.69, 9.17) is 11.5 Å². The maximum Gasteiger partial charge on any atom is 0.323 e. The van der Waals surface area contributed by atoms with Gasteiger partial charge in [0.2, 0.25) is 0 Å². The number of rotatable bonds is 6. The first kappa shape index (κ1) is 16.4. The van der Waals surface area contributed by atoms with Crippen molar-refractivity contribution in [2.45, 2.75) is 39.0 Å². The lowest BCUT2D eigenvalue weighted by molar-refractivity contribution is -0.137. The number of aliphatic carboxylic acids is 1. The van der Waals surface area contributed by atoms with Crippen molar-refractivity contribution in [3.05, 3.63) is 0 Å². The van der Waals surface area contributed by atoms with E-state index in [2.05, 4.69) is 18.2 Å². The van der Waals surface area contributed by atoms with Crippen molar-refractivity contribution in [1.82, 2.24) is 10.2 Å². The minimum absolute atomic E-state index is 0.0125. The Balaban J connectivity index is 2.30. The number of carboxylic acid groups (broad SMARTS) is 1. The molecule has 112 valence electrons. The predicted molar refractivity (Wildman–Crippen MR) is 77.2 cm³/mol. The SMILES string of the molecule is C#CCN(CC(=O)O)C(=O)NCCC1CCCC(C)C1. The van der Waals surface area contributed by atoms with Crippen LogP contribution in [-0.2, 0) is 4.79 Å². The Bertz CT molecular complexity index is 376. The van der Waals surface area contributed by atoms with Crippen molar-refractivity contribution in [3.63, 3.8) is 0 Å². The van der Waals surface area contributed by atoms with Crippen molar-refractivity contribution < 1.29 is 14.7 Å². The van der Waals surface area contributed by atoms with Crippen LogP contribution in [0.2, 0.25) is 0 Å². The molecule has 0 bridgehead atoms. The van der Waals surface area contributed by atoms with Gasteiger partial charge in [-0.05, 0) is 24.7 Å². The van der Waals surface area contributed by atoms with E-state index >= 15 is 0 Å². The smallest absolute Gasteiger partial charge is 0.323 e. The molecule has 20 heavy (non-hydrogen) atoms. The summed E-state index contributed by atoms with van der Waals surface area (Å²) in [6.07, 6.45) is 11.1. The van der Waals surface area contributed by atoms with Gasteiger partial charge in [-0.15, -0.1) is 6.42 Å². The third-order valence-electron chi connectivity index (χ3n) is 3.77. The lowest BCUT2D eigenvalue weighted by atomic mass is 9.81. The Hall–Kier alpha value is -1.70. The highest BCUT2D eigenvalue weighted by Gasteiger charge is 2.19. The van der Waals surface area contributed by atoms with E-state index in [1.54, 1.807) is 0 Å². The molecular formula is C15H24N2O3. The predicted octanol–water partition coefficient (Wildman–Crippen LogP) is 1.93. The van der Waals surface area contributed by atoms with E-state index in [-0.39, 0.29) is 13.1 Å². The minimum Gasteiger partial charge on any atom is -0.480 e. The zero-order chi connectivity index (χ0) is 15.0. The molecule has 5 heteroatoms. The van der Waals surface area contributed by atoms with E-state index in [0.717, 1.165) is 17.2 Å². The van der Waals surface area contributed by atoms with Crippen molar-refractivity contribution in [2.75, 3.05) is 19.6 Å².